The number of sulfonamides is 1. The summed E-state index contributed by atoms with van der Waals surface area (Å²) >= 11 is 0. The minimum absolute atomic E-state index is 0.0912. The van der Waals surface area contributed by atoms with Gasteiger partial charge in [-0.25, -0.2) is 13.1 Å². The molecular formula is C39H50N4O5S. The van der Waals surface area contributed by atoms with Crippen LogP contribution in [0.3, 0.4) is 0 Å². The van der Waals surface area contributed by atoms with Crippen LogP contribution in [0.4, 0.5) is 0 Å². The molecule has 3 fully saturated rings. The number of hydrogen-bond acceptors (Lipinski definition) is 6. The Labute approximate surface area is 290 Å². The first-order valence-corrected chi connectivity index (χ1v) is 20.0. The van der Waals surface area contributed by atoms with Crippen LogP contribution in [0.15, 0.2) is 52.6 Å². The number of piperidine rings is 1. The van der Waals surface area contributed by atoms with E-state index >= 15 is 4.79 Å². The average molecular weight is 687 g/mol. The van der Waals surface area contributed by atoms with Crippen LogP contribution in [0.25, 0.3) is 10.9 Å². The molecule has 4 heterocycles. The molecule has 1 saturated carbocycles. The number of ether oxygens (including phenoxy) is 1. The summed E-state index contributed by atoms with van der Waals surface area (Å²) in [6, 6.07) is 6.58. The van der Waals surface area contributed by atoms with Gasteiger partial charge in [-0.15, -0.1) is 0 Å². The fraction of sp³-hybridized carbons (Fsp3) is 0.590. The van der Waals surface area contributed by atoms with E-state index in [1.165, 1.54) is 24.8 Å². The molecule has 1 aromatic carbocycles. The van der Waals surface area contributed by atoms with Crippen molar-refractivity contribution in [2.24, 2.45) is 5.92 Å². The summed E-state index contributed by atoms with van der Waals surface area (Å²) in [7, 11) is 0.0650. The van der Waals surface area contributed by atoms with E-state index in [-0.39, 0.29) is 23.3 Å². The number of fused-ring (bicyclic) bond motifs is 6. The number of aromatic nitrogens is 1. The molecule has 9 nitrogen and oxygen atoms in total. The molecule has 49 heavy (non-hydrogen) atoms. The third-order valence-corrected chi connectivity index (χ3v) is 14.4. The van der Waals surface area contributed by atoms with Gasteiger partial charge in [0.05, 0.1) is 29.4 Å². The van der Waals surface area contributed by atoms with E-state index in [1.54, 1.807) is 21.0 Å². The van der Waals surface area contributed by atoms with Crippen molar-refractivity contribution in [2.75, 3.05) is 33.8 Å². The summed E-state index contributed by atoms with van der Waals surface area (Å²) < 4.78 is 36.4. The van der Waals surface area contributed by atoms with E-state index < -0.39 is 21.2 Å². The molecule has 2 saturated heterocycles. The van der Waals surface area contributed by atoms with Crippen molar-refractivity contribution in [1.29, 1.82) is 0 Å². The fourth-order valence-electron chi connectivity index (χ4n) is 9.84. The molecule has 6 aliphatic rings. The highest BCUT2D eigenvalue weighted by Crippen LogP contribution is 2.56. The number of rotatable bonds is 6. The fourth-order valence-corrected chi connectivity index (χ4v) is 10.4. The van der Waals surface area contributed by atoms with Crippen LogP contribution < -0.4 is 9.46 Å². The monoisotopic (exact) mass is 686 g/mol. The number of likely N-dealkylation sites (tertiary alicyclic amines) is 2. The highest BCUT2D eigenvalue weighted by atomic mass is 32.2. The predicted molar refractivity (Wildman–Crippen MR) is 191 cm³/mol. The van der Waals surface area contributed by atoms with Gasteiger partial charge in [-0.3, -0.25) is 9.59 Å². The number of nitrogens with zero attached hydrogens (tertiary/aromatic N) is 3. The zero-order chi connectivity index (χ0) is 34.2. The first-order chi connectivity index (χ1) is 23.5. The van der Waals surface area contributed by atoms with Crippen molar-refractivity contribution in [3.05, 3.63) is 63.9 Å². The van der Waals surface area contributed by atoms with Gasteiger partial charge in [0.1, 0.15) is 5.75 Å². The smallest absolute Gasteiger partial charge is 0.265 e. The maximum absolute atomic E-state index is 15.0. The van der Waals surface area contributed by atoms with E-state index in [0.29, 0.717) is 24.5 Å². The molecule has 0 bridgehead atoms. The standard InChI is InChI=1S/C39H50N4O5S/c1-24(2)49(46,47)40-37(44)35-30-23-42-31(22-29-32(48-4)15-14-26(36(29)42)25-10-6-5-7-11-25)33-27(34(30)35)12-8-13-28(33)38(45)43-19-9-16-39(43)17-20-41(3)21-18-39/h8,12,14-15,22,24-25,28,33H,5-7,9-11,13,16-21,23H2,1-4H3,(H,40,44)/t28-,33?/m1/s1. The van der Waals surface area contributed by atoms with E-state index in [9.17, 15) is 13.2 Å². The SMILES string of the molecule is COc1ccc(C2CCCCC2)c2c1cc1n2CC2=C(C(=O)NS(=O)(=O)C(C)C)C2=C2C=CC[C@@H](C(=O)N3CCCC34CCN(C)CC4)C21. The summed E-state index contributed by atoms with van der Waals surface area (Å²) in [5, 5.41) is 0.317. The maximum Gasteiger partial charge on any atom is 0.265 e. The minimum Gasteiger partial charge on any atom is -0.496 e. The van der Waals surface area contributed by atoms with Gasteiger partial charge < -0.3 is 19.1 Å². The molecule has 1 aromatic heterocycles. The van der Waals surface area contributed by atoms with Crippen LogP contribution >= 0.6 is 0 Å². The van der Waals surface area contributed by atoms with Crippen molar-refractivity contribution in [3.8, 4) is 5.75 Å². The van der Waals surface area contributed by atoms with Crippen molar-refractivity contribution in [2.45, 2.75) is 107 Å². The Hall–Kier alpha value is -3.37. The molecular weight excluding hydrogens is 637 g/mol. The number of carbonyl (C=O) groups is 2. The largest absolute Gasteiger partial charge is 0.496 e. The molecule has 1 spiro atoms. The van der Waals surface area contributed by atoms with Crippen LogP contribution in [-0.4, -0.2) is 79.2 Å². The lowest BCUT2D eigenvalue weighted by molar-refractivity contribution is -0.142. The molecule has 10 heteroatoms. The topological polar surface area (TPSA) is 101 Å². The molecule has 3 aliphatic heterocycles. The number of nitrogens with one attached hydrogen (secondary N) is 1. The van der Waals surface area contributed by atoms with Crippen molar-refractivity contribution < 1.29 is 22.7 Å². The number of hydrogen-bond donors (Lipinski definition) is 1. The van der Waals surface area contributed by atoms with Gasteiger partial charge >= 0.3 is 0 Å². The van der Waals surface area contributed by atoms with E-state index in [1.807, 2.05) is 0 Å². The summed E-state index contributed by atoms with van der Waals surface area (Å²) in [5.41, 5.74) is 6.57. The van der Waals surface area contributed by atoms with Crippen molar-refractivity contribution in [1.82, 2.24) is 19.1 Å². The van der Waals surface area contributed by atoms with E-state index in [2.05, 4.69) is 56.5 Å². The van der Waals surface area contributed by atoms with Gasteiger partial charge in [-0.2, -0.15) is 0 Å². The highest BCUT2D eigenvalue weighted by molar-refractivity contribution is 7.90. The van der Waals surface area contributed by atoms with Gasteiger partial charge in [0, 0.05) is 48.7 Å². The molecule has 3 aliphatic carbocycles. The molecule has 1 N–H and O–H groups in total. The molecule has 2 atom stereocenters. The van der Waals surface area contributed by atoms with E-state index in [0.717, 1.165) is 97.2 Å². The Morgan fingerprint density at radius 1 is 1.02 bits per heavy atom. The lowest BCUT2D eigenvalue weighted by atomic mass is 9.75. The highest BCUT2D eigenvalue weighted by Gasteiger charge is 2.51. The van der Waals surface area contributed by atoms with Gasteiger partial charge in [0.25, 0.3) is 5.91 Å². The van der Waals surface area contributed by atoms with Crippen LogP contribution in [0, 0.1) is 5.92 Å². The number of methoxy groups -OCH3 is 1. The van der Waals surface area contributed by atoms with Crippen LogP contribution in [0.2, 0.25) is 0 Å². The Morgan fingerprint density at radius 2 is 1.78 bits per heavy atom. The number of carbonyl (C=O) groups excluding carboxylic acids is 2. The van der Waals surface area contributed by atoms with E-state index in [4.69, 9.17) is 4.74 Å². The zero-order valence-corrected chi connectivity index (χ0v) is 30.2. The first kappa shape index (κ1) is 32.8. The van der Waals surface area contributed by atoms with Crippen molar-refractivity contribution >= 4 is 32.7 Å². The van der Waals surface area contributed by atoms with Crippen molar-refractivity contribution in [3.63, 3.8) is 0 Å². The third kappa shape index (κ3) is 5.31. The lowest BCUT2D eigenvalue weighted by Crippen LogP contribution is -2.55. The molecule has 2 amide bonds. The Kier molecular flexibility index (Phi) is 8.13. The Balaban J connectivity index is 1.29. The molecule has 1 unspecified atom stereocenters. The normalized spacial score (nSPS) is 25.4. The lowest BCUT2D eigenvalue weighted by Gasteiger charge is -2.46. The molecule has 0 radical (unpaired) electrons. The van der Waals surface area contributed by atoms with Gasteiger partial charge in [0.2, 0.25) is 15.9 Å². The molecule has 2 aromatic rings. The van der Waals surface area contributed by atoms with Crippen LogP contribution in [-0.2, 0) is 26.2 Å². The summed E-state index contributed by atoms with van der Waals surface area (Å²) in [6.45, 7) is 6.38. The van der Waals surface area contributed by atoms with Gasteiger partial charge in [0.15, 0.2) is 0 Å². The van der Waals surface area contributed by atoms with Crippen LogP contribution in [0.5, 0.6) is 5.75 Å². The predicted octanol–water partition coefficient (Wildman–Crippen LogP) is 5.92. The van der Waals surface area contributed by atoms with Crippen LogP contribution in [0.1, 0.15) is 101 Å². The third-order valence-electron chi connectivity index (χ3n) is 12.7. The average Bonchev–Trinajstić information content (AvgIpc) is 3.53. The maximum atomic E-state index is 15.0. The second-order valence-corrected chi connectivity index (χ2v) is 17.9. The quantitative estimate of drug-likeness (QED) is 0.405. The summed E-state index contributed by atoms with van der Waals surface area (Å²) in [4.78, 5) is 33.4. The second-order valence-electron chi connectivity index (χ2n) is 15.7. The van der Waals surface area contributed by atoms with Gasteiger partial charge in [-0.05, 0) is 106 Å². The zero-order valence-electron chi connectivity index (χ0n) is 29.4. The summed E-state index contributed by atoms with van der Waals surface area (Å²) in [6.07, 6.45) is 14.9. The Bertz CT molecular complexity index is 1920. The number of benzene rings is 1. The first-order valence-electron chi connectivity index (χ1n) is 18.5. The minimum atomic E-state index is -3.82. The van der Waals surface area contributed by atoms with Gasteiger partial charge in [-0.1, -0.05) is 37.5 Å². The molecule has 262 valence electrons. The second kappa shape index (κ2) is 12.1. The number of amides is 2. The number of allylic oxidation sites excluding steroid dienone is 4. The summed E-state index contributed by atoms with van der Waals surface area (Å²) in [5.74, 6) is 0.298. The Morgan fingerprint density at radius 3 is 2.49 bits per heavy atom. The molecule has 8 rings (SSSR count).